The molecule has 0 N–H and O–H groups in total. The van der Waals surface area contributed by atoms with Crippen molar-refractivity contribution in [1.29, 1.82) is 0 Å². The summed E-state index contributed by atoms with van der Waals surface area (Å²) >= 11 is 6.13. The van der Waals surface area contributed by atoms with Gasteiger partial charge in [-0.3, -0.25) is 0 Å². The minimum Gasteiger partial charge on any atom is -0.341 e. The number of carbonyl (C=O) groups excluding carboxylic acids is 1. The van der Waals surface area contributed by atoms with Gasteiger partial charge in [-0.05, 0) is 5.92 Å². The maximum atomic E-state index is 10.8. The van der Waals surface area contributed by atoms with Crippen LogP contribution in [0.2, 0.25) is 0 Å². The molecule has 0 aliphatic carbocycles. The quantitative estimate of drug-likeness (QED) is 0.745. The summed E-state index contributed by atoms with van der Waals surface area (Å²) in [6.07, 6.45) is 0. The fourth-order valence-electron chi connectivity index (χ4n) is 0.678. The molecule has 0 fully saturated rings. The molecule has 1 heterocycles. The normalized spacial score (nSPS) is 10.3. The number of carbonyl (C=O) groups is 1. The molecule has 0 aromatic carbocycles. The van der Waals surface area contributed by atoms with Gasteiger partial charge in [0, 0.05) is 5.38 Å². The van der Waals surface area contributed by atoms with Crippen molar-refractivity contribution in [3.05, 3.63) is 16.1 Å². The molecule has 5 heteroatoms. The van der Waals surface area contributed by atoms with Crippen LogP contribution in [0.15, 0.2) is 5.38 Å². The minimum absolute atomic E-state index is 0.300. The van der Waals surface area contributed by atoms with Crippen LogP contribution in [0.5, 0.6) is 0 Å². The topological polar surface area (TPSA) is 39.2 Å². The van der Waals surface area contributed by atoms with Crippen molar-refractivity contribution < 1.29 is 9.08 Å². The van der Waals surface area contributed by atoms with E-state index in [0.29, 0.717) is 10.9 Å². The Bertz CT molecular complexity index is 285. The summed E-state index contributed by atoms with van der Waals surface area (Å²) in [6, 6.07) is 0. The Kier molecular flexibility index (Phi) is 3.05. The maximum Gasteiger partial charge on any atom is 0.385 e. The third-order valence-corrected chi connectivity index (χ3v) is 2.34. The third-order valence-electron chi connectivity index (χ3n) is 1.36. The molecular formula is C7H8ClNO2S. The van der Waals surface area contributed by atoms with Gasteiger partial charge in [-0.2, -0.15) is 0 Å². The summed E-state index contributed by atoms with van der Waals surface area (Å²) in [7, 11) is 0. The van der Waals surface area contributed by atoms with E-state index in [4.69, 9.17) is 11.9 Å². The van der Waals surface area contributed by atoms with Crippen LogP contribution in [-0.4, -0.2) is 11.0 Å². The second kappa shape index (κ2) is 3.87. The SMILES string of the molecule is CC(C)c1csc(C(=O)OCl)n1. The first-order valence-electron chi connectivity index (χ1n) is 3.43. The molecule has 12 heavy (non-hydrogen) atoms. The number of nitrogens with zero attached hydrogens (tertiary/aromatic N) is 1. The summed E-state index contributed by atoms with van der Waals surface area (Å²) in [5.41, 5.74) is 0.886. The summed E-state index contributed by atoms with van der Waals surface area (Å²) in [5, 5.41) is 2.13. The lowest BCUT2D eigenvalue weighted by atomic mass is 10.2. The van der Waals surface area contributed by atoms with Crippen LogP contribution in [-0.2, 0) is 4.29 Å². The highest BCUT2D eigenvalue weighted by molar-refractivity contribution is 7.11. The van der Waals surface area contributed by atoms with E-state index in [-0.39, 0.29) is 0 Å². The number of aromatic nitrogens is 1. The van der Waals surface area contributed by atoms with Crippen LogP contribution in [0.4, 0.5) is 0 Å². The Morgan fingerprint density at radius 1 is 1.75 bits per heavy atom. The fourth-order valence-corrected chi connectivity index (χ4v) is 1.65. The van der Waals surface area contributed by atoms with E-state index in [9.17, 15) is 4.79 Å². The lowest BCUT2D eigenvalue weighted by Gasteiger charge is -1.95. The van der Waals surface area contributed by atoms with Crippen LogP contribution >= 0.6 is 23.2 Å². The molecule has 0 unspecified atom stereocenters. The molecule has 0 radical (unpaired) electrons. The van der Waals surface area contributed by atoms with Gasteiger partial charge in [0.1, 0.15) is 11.9 Å². The van der Waals surface area contributed by atoms with Crippen molar-refractivity contribution in [3.8, 4) is 0 Å². The van der Waals surface area contributed by atoms with Crippen molar-refractivity contribution in [2.45, 2.75) is 19.8 Å². The van der Waals surface area contributed by atoms with Gasteiger partial charge in [0.05, 0.1) is 5.69 Å². The first-order chi connectivity index (χ1) is 5.65. The Morgan fingerprint density at radius 3 is 2.83 bits per heavy atom. The first-order valence-corrected chi connectivity index (χ1v) is 4.62. The zero-order valence-corrected chi connectivity index (χ0v) is 8.28. The van der Waals surface area contributed by atoms with Gasteiger partial charge in [-0.15, -0.1) is 11.3 Å². The van der Waals surface area contributed by atoms with Gasteiger partial charge in [0.25, 0.3) is 0 Å². The molecule has 1 aromatic heterocycles. The van der Waals surface area contributed by atoms with Gasteiger partial charge in [0.15, 0.2) is 0 Å². The van der Waals surface area contributed by atoms with Gasteiger partial charge in [-0.25, -0.2) is 9.78 Å². The molecule has 0 aliphatic rings. The second-order valence-corrected chi connectivity index (χ2v) is 3.61. The molecule has 1 aromatic rings. The highest BCUT2D eigenvalue weighted by atomic mass is 35.5. The van der Waals surface area contributed by atoms with Crippen LogP contribution in [0, 0.1) is 0 Å². The molecule has 0 spiro atoms. The van der Waals surface area contributed by atoms with E-state index in [0.717, 1.165) is 5.69 Å². The number of halogens is 1. The van der Waals surface area contributed by atoms with E-state index in [2.05, 4.69) is 9.27 Å². The Labute approximate surface area is 79.5 Å². The summed E-state index contributed by atoms with van der Waals surface area (Å²) < 4.78 is 4.01. The van der Waals surface area contributed by atoms with Gasteiger partial charge in [0.2, 0.25) is 5.01 Å². The summed E-state index contributed by atoms with van der Waals surface area (Å²) in [6.45, 7) is 4.01. The number of thiazole rings is 1. The minimum atomic E-state index is -0.589. The highest BCUT2D eigenvalue weighted by Crippen LogP contribution is 2.18. The second-order valence-electron chi connectivity index (χ2n) is 2.60. The smallest absolute Gasteiger partial charge is 0.341 e. The zero-order valence-electron chi connectivity index (χ0n) is 6.70. The fraction of sp³-hybridized carbons (Fsp3) is 0.429. The Balaban J connectivity index is 2.84. The van der Waals surface area contributed by atoms with Crippen molar-refractivity contribution in [3.63, 3.8) is 0 Å². The molecule has 0 amide bonds. The number of hydrogen-bond acceptors (Lipinski definition) is 4. The van der Waals surface area contributed by atoms with E-state index in [1.165, 1.54) is 11.3 Å². The molecule has 0 atom stereocenters. The third kappa shape index (κ3) is 1.95. The summed E-state index contributed by atoms with van der Waals surface area (Å²) in [4.78, 5) is 14.9. The zero-order chi connectivity index (χ0) is 9.14. The number of rotatable bonds is 2. The highest BCUT2D eigenvalue weighted by Gasteiger charge is 2.13. The van der Waals surface area contributed by atoms with Crippen LogP contribution in [0.1, 0.15) is 35.3 Å². The van der Waals surface area contributed by atoms with Crippen LogP contribution in [0.25, 0.3) is 0 Å². The number of hydrogen-bond donors (Lipinski definition) is 0. The van der Waals surface area contributed by atoms with E-state index in [1.807, 2.05) is 19.2 Å². The molecule has 0 saturated heterocycles. The van der Waals surface area contributed by atoms with Gasteiger partial charge >= 0.3 is 5.97 Å². The largest absolute Gasteiger partial charge is 0.385 e. The molecule has 0 saturated carbocycles. The molecule has 0 bridgehead atoms. The molecule has 3 nitrogen and oxygen atoms in total. The van der Waals surface area contributed by atoms with Crippen LogP contribution < -0.4 is 0 Å². The van der Waals surface area contributed by atoms with E-state index < -0.39 is 5.97 Å². The maximum absolute atomic E-state index is 10.8. The predicted molar refractivity (Wildman–Crippen MR) is 47.5 cm³/mol. The van der Waals surface area contributed by atoms with Crippen molar-refractivity contribution in [1.82, 2.24) is 4.98 Å². The molecule has 0 aliphatic heterocycles. The lowest BCUT2D eigenvalue weighted by molar-refractivity contribution is 0.0750. The predicted octanol–water partition coefficient (Wildman–Crippen LogP) is 2.58. The first kappa shape index (κ1) is 9.48. The molecule has 66 valence electrons. The van der Waals surface area contributed by atoms with Crippen molar-refractivity contribution in [2.75, 3.05) is 0 Å². The molecular weight excluding hydrogens is 198 g/mol. The molecule has 1 rings (SSSR count). The Morgan fingerprint density at radius 2 is 2.42 bits per heavy atom. The van der Waals surface area contributed by atoms with E-state index >= 15 is 0 Å². The van der Waals surface area contributed by atoms with Crippen molar-refractivity contribution in [2.24, 2.45) is 0 Å². The van der Waals surface area contributed by atoms with Gasteiger partial charge < -0.3 is 4.29 Å². The van der Waals surface area contributed by atoms with E-state index in [1.54, 1.807) is 0 Å². The van der Waals surface area contributed by atoms with Crippen LogP contribution in [0.3, 0.4) is 0 Å². The lowest BCUT2D eigenvalue weighted by Crippen LogP contribution is -1.97. The standard InChI is InChI=1S/C7H8ClNO2S/c1-4(2)5-3-12-6(9-5)7(10)11-8/h3-4H,1-2H3. The average Bonchev–Trinajstić information content (AvgIpc) is 2.51. The Hall–Kier alpha value is -0.610. The van der Waals surface area contributed by atoms with Crippen molar-refractivity contribution >= 4 is 29.2 Å². The van der Waals surface area contributed by atoms with Gasteiger partial charge in [-0.1, -0.05) is 13.8 Å². The summed E-state index contributed by atoms with van der Waals surface area (Å²) in [5.74, 6) is -0.272. The average molecular weight is 206 g/mol. The monoisotopic (exact) mass is 205 g/mol.